The number of rotatable bonds is 4. The first-order valence-corrected chi connectivity index (χ1v) is 8.08. The van der Waals surface area contributed by atoms with Crippen molar-refractivity contribution in [3.63, 3.8) is 0 Å². The molecule has 0 amide bonds. The van der Waals surface area contributed by atoms with Gasteiger partial charge in [0.2, 0.25) is 5.89 Å². The number of aryl methyl sites for hydroxylation is 1. The first-order chi connectivity index (χ1) is 10.7. The lowest BCUT2D eigenvalue weighted by molar-refractivity contribution is 0.131. The molecule has 0 saturated carbocycles. The lowest BCUT2D eigenvalue weighted by atomic mass is 10.0. The summed E-state index contributed by atoms with van der Waals surface area (Å²) in [6.07, 6.45) is 4.09. The Kier molecular flexibility index (Phi) is 4.64. The molecule has 2 aromatic rings. The van der Waals surface area contributed by atoms with Crippen molar-refractivity contribution in [2.75, 3.05) is 6.54 Å². The zero-order valence-electron chi connectivity index (χ0n) is 12.6. The van der Waals surface area contributed by atoms with Crippen LogP contribution in [0.15, 0.2) is 22.7 Å². The Morgan fingerprint density at radius 1 is 1.36 bits per heavy atom. The van der Waals surface area contributed by atoms with Gasteiger partial charge in [0.1, 0.15) is 5.75 Å². The molecule has 0 bridgehead atoms. The molecule has 1 aliphatic heterocycles. The Morgan fingerprint density at radius 2 is 2.23 bits per heavy atom. The van der Waals surface area contributed by atoms with Crippen LogP contribution in [0.1, 0.15) is 49.5 Å². The molecule has 6 heteroatoms. The van der Waals surface area contributed by atoms with Crippen LogP contribution in [0.25, 0.3) is 0 Å². The molecule has 0 spiro atoms. The van der Waals surface area contributed by atoms with Gasteiger partial charge in [-0.2, -0.15) is 4.98 Å². The Balaban J connectivity index is 1.80. The fraction of sp³-hybridized carbons (Fsp3) is 0.500. The van der Waals surface area contributed by atoms with Gasteiger partial charge in [-0.3, -0.25) is 4.90 Å². The van der Waals surface area contributed by atoms with Gasteiger partial charge >= 0.3 is 0 Å². The normalized spacial score (nSPS) is 19.5. The van der Waals surface area contributed by atoms with Gasteiger partial charge in [-0.1, -0.05) is 30.1 Å². The summed E-state index contributed by atoms with van der Waals surface area (Å²) in [7, 11) is 0. The van der Waals surface area contributed by atoms with E-state index in [4.69, 9.17) is 16.1 Å². The first kappa shape index (κ1) is 15.3. The monoisotopic (exact) mass is 321 g/mol. The fourth-order valence-electron chi connectivity index (χ4n) is 2.98. The van der Waals surface area contributed by atoms with E-state index in [-0.39, 0.29) is 11.8 Å². The predicted molar refractivity (Wildman–Crippen MR) is 83.8 cm³/mol. The van der Waals surface area contributed by atoms with Crippen LogP contribution in [0.5, 0.6) is 5.75 Å². The number of aromatic nitrogens is 2. The predicted octanol–water partition coefficient (Wildman–Crippen LogP) is 3.72. The maximum Gasteiger partial charge on any atom is 0.226 e. The van der Waals surface area contributed by atoms with Crippen molar-refractivity contribution in [3.8, 4) is 5.75 Å². The number of hydrogen-bond acceptors (Lipinski definition) is 5. The molecule has 1 N–H and O–H groups in total. The standard InChI is InChI=1S/C16H20ClN3O2/c1-2-15-18-16(19-22-15)14-5-3-4-6-20(14)10-11-7-12(17)9-13(21)8-11/h7-9,14,21H,2-6,10H2,1H3. The van der Waals surface area contributed by atoms with Crippen LogP contribution in [0, 0.1) is 0 Å². The molecule has 1 aliphatic rings. The number of aromatic hydroxyl groups is 1. The molecule has 1 fully saturated rings. The van der Waals surface area contributed by atoms with Crippen LogP contribution in [0.3, 0.4) is 0 Å². The number of nitrogens with zero attached hydrogens (tertiary/aromatic N) is 3. The highest BCUT2D eigenvalue weighted by molar-refractivity contribution is 6.30. The largest absolute Gasteiger partial charge is 0.508 e. The highest BCUT2D eigenvalue weighted by atomic mass is 35.5. The zero-order valence-corrected chi connectivity index (χ0v) is 13.4. The fourth-order valence-corrected chi connectivity index (χ4v) is 3.23. The number of phenols is 1. The minimum atomic E-state index is 0.166. The number of halogens is 1. The van der Waals surface area contributed by atoms with Crippen LogP contribution in [-0.2, 0) is 13.0 Å². The topological polar surface area (TPSA) is 62.4 Å². The molecule has 2 heterocycles. The average molecular weight is 322 g/mol. The molecule has 1 atom stereocenters. The second kappa shape index (κ2) is 6.67. The molecule has 3 rings (SSSR count). The molecule has 118 valence electrons. The van der Waals surface area contributed by atoms with Crippen molar-refractivity contribution in [2.45, 2.75) is 45.2 Å². The van der Waals surface area contributed by atoms with Gasteiger partial charge in [0.25, 0.3) is 0 Å². The summed E-state index contributed by atoms with van der Waals surface area (Å²) in [5, 5.41) is 14.4. The quantitative estimate of drug-likeness (QED) is 0.930. The third-order valence-corrected chi connectivity index (χ3v) is 4.24. The molecule has 1 aromatic carbocycles. The lowest BCUT2D eigenvalue weighted by Crippen LogP contribution is -2.33. The van der Waals surface area contributed by atoms with E-state index in [1.165, 1.54) is 0 Å². The number of piperidine rings is 1. The second-order valence-electron chi connectivity index (χ2n) is 5.70. The van der Waals surface area contributed by atoms with Gasteiger partial charge in [-0.15, -0.1) is 0 Å². The minimum Gasteiger partial charge on any atom is -0.508 e. The third kappa shape index (κ3) is 3.42. The first-order valence-electron chi connectivity index (χ1n) is 7.70. The summed E-state index contributed by atoms with van der Waals surface area (Å²) in [5.74, 6) is 1.65. The van der Waals surface area contributed by atoms with E-state index in [1.807, 2.05) is 13.0 Å². The van der Waals surface area contributed by atoms with Crippen molar-refractivity contribution in [2.24, 2.45) is 0 Å². The smallest absolute Gasteiger partial charge is 0.226 e. The summed E-state index contributed by atoms with van der Waals surface area (Å²) in [6.45, 7) is 3.70. The van der Waals surface area contributed by atoms with Gasteiger partial charge in [0, 0.05) is 18.0 Å². The molecular weight excluding hydrogens is 302 g/mol. The number of likely N-dealkylation sites (tertiary alicyclic amines) is 1. The van der Waals surface area contributed by atoms with Crippen LogP contribution < -0.4 is 0 Å². The maximum absolute atomic E-state index is 9.70. The number of phenolic OH excluding ortho intramolecular Hbond substituents is 1. The van der Waals surface area contributed by atoms with Crippen molar-refractivity contribution >= 4 is 11.6 Å². The van der Waals surface area contributed by atoms with Crippen molar-refractivity contribution in [1.82, 2.24) is 15.0 Å². The van der Waals surface area contributed by atoms with E-state index in [1.54, 1.807) is 12.1 Å². The Bertz CT molecular complexity index is 624. The van der Waals surface area contributed by atoms with Gasteiger partial charge in [-0.05, 0) is 43.1 Å². The van der Waals surface area contributed by atoms with Gasteiger partial charge < -0.3 is 9.63 Å². The van der Waals surface area contributed by atoms with Gasteiger partial charge in [0.05, 0.1) is 6.04 Å². The number of hydrogen-bond donors (Lipinski definition) is 1. The van der Waals surface area contributed by atoms with Crippen molar-refractivity contribution < 1.29 is 9.63 Å². The van der Waals surface area contributed by atoms with E-state index in [0.29, 0.717) is 10.9 Å². The summed E-state index contributed by atoms with van der Waals surface area (Å²) >= 11 is 6.03. The highest BCUT2D eigenvalue weighted by Crippen LogP contribution is 2.31. The molecule has 1 saturated heterocycles. The molecule has 0 radical (unpaired) electrons. The second-order valence-corrected chi connectivity index (χ2v) is 6.14. The van der Waals surface area contributed by atoms with E-state index in [0.717, 1.165) is 50.2 Å². The summed E-state index contributed by atoms with van der Waals surface area (Å²) in [4.78, 5) is 6.82. The molecule has 1 aromatic heterocycles. The summed E-state index contributed by atoms with van der Waals surface area (Å²) < 4.78 is 5.25. The van der Waals surface area contributed by atoms with Gasteiger partial charge in [-0.25, -0.2) is 0 Å². The van der Waals surface area contributed by atoms with Crippen LogP contribution in [0.4, 0.5) is 0 Å². The van der Waals surface area contributed by atoms with E-state index in [9.17, 15) is 5.11 Å². The van der Waals surface area contributed by atoms with Crippen LogP contribution >= 0.6 is 11.6 Å². The lowest BCUT2D eigenvalue weighted by Gasteiger charge is -2.33. The highest BCUT2D eigenvalue weighted by Gasteiger charge is 2.28. The number of benzene rings is 1. The molecule has 0 aliphatic carbocycles. The third-order valence-electron chi connectivity index (χ3n) is 4.03. The summed E-state index contributed by atoms with van der Waals surface area (Å²) in [6, 6.07) is 5.36. The summed E-state index contributed by atoms with van der Waals surface area (Å²) in [5.41, 5.74) is 0.996. The van der Waals surface area contributed by atoms with E-state index in [2.05, 4.69) is 15.0 Å². The zero-order chi connectivity index (χ0) is 15.5. The van der Waals surface area contributed by atoms with E-state index < -0.39 is 0 Å². The molecule has 1 unspecified atom stereocenters. The van der Waals surface area contributed by atoms with Crippen LogP contribution in [-0.4, -0.2) is 26.7 Å². The average Bonchev–Trinajstić information content (AvgIpc) is 2.95. The van der Waals surface area contributed by atoms with E-state index >= 15 is 0 Å². The Morgan fingerprint density at radius 3 is 2.95 bits per heavy atom. The van der Waals surface area contributed by atoms with Crippen LogP contribution in [0.2, 0.25) is 5.02 Å². The Hall–Kier alpha value is -1.59. The molecule has 22 heavy (non-hydrogen) atoms. The molecule has 5 nitrogen and oxygen atoms in total. The van der Waals surface area contributed by atoms with Crippen molar-refractivity contribution in [1.29, 1.82) is 0 Å². The van der Waals surface area contributed by atoms with Gasteiger partial charge in [0.15, 0.2) is 5.82 Å². The minimum absolute atomic E-state index is 0.166. The van der Waals surface area contributed by atoms with Crippen molar-refractivity contribution in [3.05, 3.63) is 40.5 Å². The maximum atomic E-state index is 9.70. The Labute approximate surface area is 134 Å². The SMILES string of the molecule is CCc1nc(C2CCCCN2Cc2cc(O)cc(Cl)c2)no1. The molecular formula is C16H20ClN3O2.